The zero-order valence-electron chi connectivity index (χ0n) is 44.0. The maximum atomic E-state index is 15.0. The Morgan fingerprint density at radius 1 is 0.687 bits per heavy atom. The molecule has 2 aromatic carbocycles. The van der Waals surface area contributed by atoms with Gasteiger partial charge in [0.1, 0.15) is 97.0 Å². The van der Waals surface area contributed by atoms with Gasteiger partial charge in [0.05, 0.1) is 62.5 Å². The van der Waals surface area contributed by atoms with Gasteiger partial charge in [-0.2, -0.15) is 0 Å². The molecule has 3 fully saturated rings. The van der Waals surface area contributed by atoms with Gasteiger partial charge in [-0.3, -0.25) is 48.9 Å². The number of nitrogens with one attached hydrogen (secondary N) is 7. The van der Waals surface area contributed by atoms with Gasteiger partial charge in [0.15, 0.2) is 18.1 Å². The number of nitro benzene ring substituents is 1. The third kappa shape index (κ3) is 14.1. The van der Waals surface area contributed by atoms with E-state index in [0.717, 1.165) is 23.1 Å². The van der Waals surface area contributed by atoms with Gasteiger partial charge in [0.2, 0.25) is 41.7 Å². The smallest absolute Gasteiger partial charge is 0.276 e. The summed E-state index contributed by atoms with van der Waals surface area (Å²) in [6.45, 7) is -3.32. The number of amides is 6. The maximum Gasteiger partial charge on any atom is 0.276 e. The van der Waals surface area contributed by atoms with Gasteiger partial charge in [-0.25, -0.2) is 0 Å². The second kappa shape index (κ2) is 27.3. The number of hydrogen-bond acceptors (Lipinski definition) is 28. The van der Waals surface area contributed by atoms with E-state index < -0.39 is 219 Å². The van der Waals surface area contributed by atoms with E-state index in [9.17, 15) is 90.3 Å². The summed E-state index contributed by atoms with van der Waals surface area (Å²) in [7, 11) is 0. The van der Waals surface area contributed by atoms with Crippen molar-refractivity contribution in [2.45, 2.75) is 135 Å². The SMILES string of the molecule is CC(c1ccccc1)C1NC(=O)CNC(=O)C(CO)NC(=O)C(C(O)C2CN=C(N)N2C2OC(CO)C(O)C(O)C2O)NC(=O)C(C(O)C2CN=C(N)N2)NC(=O)C(Cc2ccc(OC3OC(CO)C(O)C(O)C3O)cc2[N+](=O)[O-])NC1=O. The van der Waals surface area contributed by atoms with Crippen molar-refractivity contribution in [2.75, 3.05) is 39.5 Å². The number of carbonyl (C=O) groups is 6. The molecule has 5 aliphatic heterocycles. The molecular weight excluding hydrogens is 1110 g/mol. The van der Waals surface area contributed by atoms with Gasteiger partial charge in [0.25, 0.3) is 5.69 Å². The van der Waals surface area contributed by atoms with Crippen molar-refractivity contribution < 1.29 is 104 Å². The fraction of sp³-hybridized carbons (Fsp3) is 0.583. The molecule has 0 aliphatic carbocycles. The molecule has 6 amide bonds. The fourth-order valence-electron chi connectivity index (χ4n) is 9.95. The average Bonchev–Trinajstić information content (AvgIpc) is 4.24. The Morgan fingerprint density at radius 3 is 1.92 bits per heavy atom. The van der Waals surface area contributed by atoms with Crippen molar-refractivity contribution in [2.24, 2.45) is 21.5 Å². The van der Waals surface area contributed by atoms with Crippen LogP contribution in [-0.4, -0.2) is 269 Å². The molecule has 0 saturated carbocycles. The van der Waals surface area contributed by atoms with Gasteiger partial charge in [-0.05, 0) is 17.7 Å². The molecule has 7 rings (SSSR count). The maximum absolute atomic E-state index is 15.0. The minimum absolute atomic E-state index is 0.244. The number of aliphatic imine (C=N–C) groups is 2. The van der Waals surface area contributed by atoms with Crippen molar-refractivity contribution in [3.05, 3.63) is 69.8 Å². The highest BCUT2D eigenvalue weighted by molar-refractivity contribution is 5.98. The Bertz CT molecular complexity index is 2750. The summed E-state index contributed by atoms with van der Waals surface area (Å²) in [4.78, 5) is 107. The summed E-state index contributed by atoms with van der Waals surface area (Å²) in [5, 5.41) is 147. The first kappa shape index (κ1) is 63.1. The van der Waals surface area contributed by atoms with E-state index in [1.807, 2.05) is 0 Å². The molecule has 3 saturated heterocycles. The molecule has 22 N–H and O–H groups in total. The highest BCUT2D eigenvalue weighted by Crippen LogP contribution is 2.32. The molecule has 20 unspecified atom stereocenters. The number of nitrogens with two attached hydrogens (primary N) is 2. The number of guanidine groups is 2. The first-order valence-electron chi connectivity index (χ1n) is 25.9. The molecule has 83 heavy (non-hydrogen) atoms. The van der Waals surface area contributed by atoms with Crippen LogP contribution in [-0.2, 0) is 44.7 Å². The van der Waals surface area contributed by atoms with E-state index in [2.05, 4.69) is 47.2 Å². The molecule has 2 aromatic rings. The first-order chi connectivity index (χ1) is 39.4. The number of carbonyl (C=O) groups excluding carboxylic acids is 6. The van der Waals surface area contributed by atoms with Crippen LogP contribution in [0.15, 0.2) is 58.5 Å². The fourth-order valence-corrected chi connectivity index (χ4v) is 9.95. The van der Waals surface area contributed by atoms with Gasteiger partial charge in [-0.15, -0.1) is 0 Å². The molecule has 5 heterocycles. The lowest BCUT2D eigenvalue weighted by Gasteiger charge is -2.46. The Kier molecular flexibility index (Phi) is 20.7. The van der Waals surface area contributed by atoms with Crippen LogP contribution >= 0.6 is 0 Å². The van der Waals surface area contributed by atoms with Crippen LogP contribution in [0, 0.1) is 10.1 Å². The molecule has 35 nitrogen and oxygen atoms in total. The summed E-state index contributed by atoms with van der Waals surface area (Å²) in [6.07, 6.45) is -23.6. The van der Waals surface area contributed by atoms with Crippen LogP contribution in [0.1, 0.15) is 24.0 Å². The normalized spacial score (nSPS) is 34.4. The monoisotopic (exact) mass is 1180 g/mol. The van der Waals surface area contributed by atoms with Crippen molar-refractivity contribution in [1.82, 2.24) is 42.1 Å². The summed E-state index contributed by atoms with van der Waals surface area (Å²) in [5.74, 6) is -9.94. The van der Waals surface area contributed by atoms with Crippen LogP contribution < -0.4 is 53.4 Å². The number of ether oxygens (including phenoxy) is 3. The molecule has 0 radical (unpaired) electrons. The van der Waals surface area contributed by atoms with Crippen molar-refractivity contribution in [3.8, 4) is 5.75 Å². The molecular formula is C48H67N13O22. The highest BCUT2D eigenvalue weighted by Gasteiger charge is 2.53. The first-order valence-corrected chi connectivity index (χ1v) is 25.9. The minimum Gasteiger partial charge on any atom is -0.462 e. The number of aliphatic hydroxyl groups excluding tert-OH is 11. The second-order valence-electron chi connectivity index (χ2n) is 20.2. The molecule has 456 valence electrons. The molecule has 5 aliphatic rings. The zero-order valence-corrected chi connectivity index (χ0v) is 44.0. The van der Waals surface area contributed by atoms with E-state index in [1.165, 1.54) is 6.92 Å². The second-order valence-corrected chi connectivity index (χ2v) is 20.2. The van der Waals surface area contributed by atoms with E-state index in [4.69, 9.17) is 25.7 Å². The largest absolute Gasteiger partial charge is 0.462 e. The zero-order chi connectivity index (χ0) is 60.7. The lowest BCUT2D eigenvalue weighted by Crippen LogP contribution is -2.70. The molecule has 20 atom stereocenters. The third-order valence-electron chi connectivity index (χ3n) is 14.7. The number of benzene rings is 2. The number of nitro groups is 1. The Labute approximate surface area is 469 Å². The number of nitrogens with zero attached hydrogens (tertiary/aromatic N) is 4. The predicted molar refractivity (Wildman–Crippen MR) is 277 cm³/mol. The topological polar surface area (TPSA) is 560 Å². The Hall–Kier alpha value is -7.52. The lowest BCUT2D eigenvalue weighted by molar-refractivity contribution is -0.385. The number of aliphatic hydroxyl groups is 11. The van der Waals surface area contributed by atoms with Gasteiger partial charge >= 0.3 is 0 Å². The van der Waals surface area contributed by atoms with Gasteiger partial charge in [0, 0.05) is 17.9 Å². The van der Waals surface area contributed by atoms with Crippen LogP contribution in [0.2, 0.25) is 0 Å². The summed E-state index contributed by atoms with van der Waals surface area (Å²) < 4.78 is 16.6. The summed E-state index contributed by atoms with van der Waals surface area (Å²) in [6, 6.07) is -2.38. The van der Waals surface area contributed by atoms with E-state index in [-0.39, 0.29) is 18.1 Å². The highest BCUT2D eigenvalue weighted by atomic mass is 16.7. The predicted octanol–water partition coefficient (Wildman–Crippen LogP) is -11.5. The molecule has 0 aromatic heterocycles. The minimum atomic E-state index is -2.39. The molecule has 0 bridgehead atoms. The van der Waals surface area contributed by atoms with E-state index >= 15 is 4.79 Å². The molecule has 0 spiro atoms. The van der Waals surface area contributed by atoms with Crippen molar-refractivity contribution >= 4 is 53.0 Å². The van der Waals surface area contributed by atoms with Crippen LogP contribution in [0.3, 0.4) is 0 Å². The van der Waals surface area contributed by atoms with Crippen molar-refractivity contribution in [3.63, 3.8) is 0 Å². The summed E-state index contributed by atoms with van der Waals surface area (Å²) in [5.41, 5.74) is 11.3. The standard InChI is InChI=1S/C48H67N13O22/c1-17(18-5-3-2-4-6-18)29-42(76)54-21(9-19-7-8-20(10-24(19)61(79)80)81-46-39(73)37(71)35(69)27(16-64)83-46)41(75)58-30(32(66)22-11-52-47(49)56-22)44(78)59-31(43(77)55-23(14-62)40(74)51-13-28(65)57-29)33(67)25-12-53-48(50)60(25)45-38(72)36(70)34(68)26(15-63)82-45/h2-8,10,17,21-23,25-27,29-39,45-46,62-64,66-73H,9,11-16H2,1H3,(H2,50,53)(H,51,74)(H,54,76)(H,55,77)(H,57,65)(H,58,75)(H,59,78)(H3,49,52,56). The van der Waals surface area contributed by atoms with Gasteiger partial charge in [-0.1, -0.05) is 37.3 Å². The lowest BCUT2D eigenvalue weighted by atomic mass is 9.92. The third-order valence-corrected chi connectivity index (χ3v) is 14.7. The molecule has 35 heteroatoms. The Balaban J connectivity index is 1.30. The van der Waals surface area contributed by atoms with Crippen molar-refractivity contribution in [1.29, 1.82) is 0 Å². The average molecular weight is 1180 g/mol. The number of rotatable bonds is 15. The van der Waals surface area contributed by atoms with E-state index in [0.29, 0.717) is 5.56 Å². The van der Waals surface area contributed by atoms with E-state index in [1.54, 1.807) is 30.3 Å². The quantitative estimate of drug-likeness (QED) is 0.0582. The Morgan fingerprint density at radius 2 is 1.29 bits per heavy atom. The van der Waals surface area contributed by atoms with Crippen LogP contribution in [0.25, 0.3) is 0 Å². The van der Waals surface area contributed by atoms with Crippen LogP contribution in [0.5, 0.6) is 5.75 Å². The van der Waals surface area contributed by atoms with Gasteiger partial charge < -0.3 is 124 Å². The number of hydrogen-bond donors (Lipinski definition) is 20. The van der Waals surface area contributed by atoms with Crippen LogP contribution in [0.4, 0.5) is 5.69 Å². The summed E-state index contributed by atoms with van der Waals surface area (Å²) >= 11 is 0.